The summed E-state index contributed by atoms with van der Waals surface area (Å²) in [6.45, 7) is 1.31. The fourth-order valence-corrected chi connectivity index (χ4v) is 1.41. The van der Waals surface area contributed by atoms with E-state index in [9.17, 15) is 13.2 Å². The summed E-state index contributed by atoms with van der Waals surface area (Å²) >= 11 is 0. The third kappa shape index (κ3) is 5.08. The van der Waals surface area contributed by atoms with Crippen molar-refractivity contribution in [3.05, 3.63) is 29.8 Å². The van der Waals surface area contributed by atoms with Gasteiger partial charge in [0.2, 0.25) is 0 Å². The third-order valence-corrected chi connectivity index (χ3v) is 2.29. The van der Waals surface area contributed by atoms with Crippen LogP contribution in [0.15, 0.2) is 24.3 Å². The molecule has 0 amide bonds. The molecule has 0 aliphatic heterocycles. The van der Waals surface area contributed by atoms with Crippen LogP contribution in [0.4, 0.5) is 18.9 Å². The molecule has 0 aliphatic rings. The van der Waals surface area contributed by atoms with Gasteiger partial charge in [-0.25, -0.2) is 0 Å². The molecule has 1 N–H and O–H groups in total. The van der Waals surface area contributed by atoms with E-state index in [1.165, 1.54) is 6.07 Å². The number of anilines is 1. The molecule has 0 bridgehead atoms. The van der Waals surface area contributed by atoms with Gasteiger partial charge in [-0.15, -0.1) is 0 Å². The van der Waals surface area contributed by atoms with Crippen LogP contribution >= 0.6 is 0 Å². The molecule has 0 aromatic heterocycles. The highest BCUT2D eigenvalue weighted by Gasteiger charge is 2.30. The molecule has 1 rings (SSSR count). The number of alkyl halides is 3. The first-order valence-electron chi connectivity index (χ1n) is 5.44. The number of methoxy groups -OCH3 is 1. The Balaban J connectivity index is 2.44. The van der Waals surface area contributed by atoms with Gasteiger partial charge in [-0.1, -0.05) is 6.07 Å². The van der Waals surface area contributed by atoms with Crippen LogP contribution in [-0.2, 0) is 10.9 Å². The van der Waals surface area contributed by atoms with Crippen molar-refractivity contribution in [3.63, 3.8) is 0 Å². The van der Waals surface area contributed by atoms with Crippen molar-refractivity contribution in [1.29, 1.82) is 0 Å². The number of hydrogen-bond acceptors (Lipinski definition) is 2. The van der Waals surface area contributed by atoms with Crippen molar-refractivity contribution in [3.8, 4) is 0 Å². The van der Waals surface area contributed by atoms with Gasteiger partial charge < -0.3 is 10.1 Å². The highest BCUT2D eigenvalue weighted by atomic mass is 19.4. The number of rotatable bonds is 6. The van der Waals surface area contributed by atoms with Crippen LogP contribution in [0.1, 0.15) is 18.4 Å². The lowest BCUT2D eigenvalue weighted by atomic mass is 10.2. The lowest BCUT2D eigenvalue weighted by Crippen LogP contribution is -2.07. The molecule has 5 heteroatoms. The molecule has 0 saturated heterocycles. The molecule has 0 fully saturated rings. The highest BCUT2D eigenvalue weighted by Crippen LogP contribution is 2.30. The van der Waals surface area contributed by atoms with Crippen LogP contribution in [0.3, 0.4) is 0 Å². The van der Waals surface area contributed by atoms with Gasteiger partial charge in [0.05, 0.1) is 5.56 Å². The summed E-state index contributed by atoms with van der Waals surface area (Å²) in [7, 11) is 1.63. The predicted octanol–water partition coefficient (Wildman–Crippen LogP) is 3.54. The van der Waals surface area contributed by atoms with Crippen molar-refractivity contribution in [2.45, 2.75) is 19.0 Å². The van der Waals surface area contributed by atoms with E-state index in [0.29, 0.717) is 18.8 Å². The zero-order valence-electron chi connectivity index (χ0n) is 9.68. The van der Waals surface area contributed by atoms with E-state index in [4.69, 9.17) is 4.74 Å². The van der Waals surface area contributed by atoms with Crippen LogP contribution in [0.25, 0.3) is 0 Å². The van der Waals surface area contributed by atoms with Gasteiger partial charge in [0.25, 0.3) is 0 Å². The Morgan fingerprint density at radius 3 is 2.65 bits per heavy atom. The van der Waals surface area contributed by atoms with Crippen molar-refractivity contribution < 1.29 is 17.9 Å². The van der Waals surface area contributed by atoms with Crippen LogP contribution in [0, 0.1) is 0 Å². The monoisotopic (exact) mass is 247 g/mol. The SMILES string of the molecule is COCCCCNc1cccc(C(F)(F)F)c1. The fraction of sp³-hybridized carbons (Fsp3) is 0.500. The summed E-state index contributed by atoms with van der Waals surface area (Å²) in [5, 5.41) is 2.96. The normalized spacial score (nSPS) is 11.5. The van der Waals surface area contributed by atoms with Gasteiger partial charge in [-0.3, -0.25) is 0 Å². The first-order valence-corrected chi connectivity index (χ1v) is 5.44. The van der Waals surface area contributed by atoms with Crippen molar-refractivity contribution >= 4 is 5.69 Å². The Morgan fingerprint density at radius 2 is 2.00 bits per heavy atom. The number of benzene rings is 1. The van der Waals surface area contributed by atoms with Crippen molar-refractivity contribution in [2.75, 3.05) is 25.6 Å². The van der Waals surface area contributed by atoms with Gasteiger partial charge in [-0.05, 0) is 31.0 Å². The van der Waals surface area contributed by atoms with Crippen molar-refractivity contribution in [2.24, 2.45) is 0 Å². The first-order chi connectivity index (χ1) is 8.04. The first kappa shape index (κ1) is 13.8. The maximum Gasteiger partial charge on any atom is 0.416 e. The molecule has 0 heterocycles. The molecule has 0 saturated carbocycles. The lowest BCUT2D eigenvalue weighted by molar-refractivity contribution is -0.137. The summed E-state index contributed by atoms with van der Waals surface area (Å²) in [4.78, 5) is 0. The van der Waals surface area contributed by atoms with Crippen LogP contribution in [-0.4, -0.2) is 20.3 Å². The second kappa shape index (κ2) is 6.49. The topological polar surface area (TPSA) is 21.3 Å². The molecule has 0 atom stereocenters. The molecule has 0 radical (unpaired) electrons. The average Bonchev–Trinajstić information content (AvgIpc) is 2.28. The number of unbranched alkanes of at least 4 members (excludes halogenated alkanes) is 1. The van der Waals surface area contributed by atoms with Crippen LogP contribution in [0.2, 0.25) is 0 Å². The molecular weight excluding hydrogens is 231 g/mol. The second-order valence-electron chi connectivity index (χ2n) is 3.71. The molecule has 0 aliphatic carbocycles. The predicted molar refractivity (Wildman–Crippen MR) is 61.0 cm³/mol. The Labute approximate surface area is 98.8 Å². The van der Waals surface area contributed by atoms with Gasteiger partial charge in [0, 0.05) is 25.9 Å². The summed E-state index contributed by atoms with van der Waals surface area (Å²) in [6.07, 6.45) is -2.53. The largest absolute Gasteiger partial charge is 0.416 e. The minimum absolute atomic E-state index is 0.497. The zero-order valence-corrected chi connectivity index (χ0v) is 9.68. The van der Waals surface area contributed by atoms with E-state index in [2.05, 4.69) is 5.32 Å². The average molecular weight is 247 g/mol. The zero-order chi connectivity index (χ0) is 12.7. The molecule has 0 spiro atoms. The summed E-state index contributed by atoms with van der Waals surface area (Å²) in [5.41, 5.74) is -0.128. The maximum atomic E-state index is 12.4. The number of hydrogen-bond donors (Lipinski definition) is 1. The standard InChI is InChI=1S/C12H16F3NO/c1-17-8-3-2-7-16-11-6-4-5-10(9-11)12(13,14)15/h4-6,9,16H,2-3,7-8H2,1H3. The van der Waals surface area contributed by atoms with E-state index in [-0.39, 0.29) is 0 Å². The van der Waals surface area contributed by atoms with E-state index < -0.39 is 11.7 Å². The molecule has 1 aromatic carbocycles. The Bertz CT molecular complexity index is 339. The molecule has 1 aromatic rings. The van der Waals surface area contributed by atoms with E-state index in [1.54, 1.807) is 13.2 Å². The quantitative estimate of drug-likeness (QED) is 0.776. The highest BCUT2D eigenvalue weighted by molar-refractivity contribution is 5.46. The second-order valence-corrected chi connectivity index (χ2v) is 3.71. The molecule has 17 heavy (non-hydrogen) atoms. The maximum absolute atomic E-state index is 12.4. The lowest BCUT2D eigenvalue weighted by Gasteiger charge is -2.10. The summed E-state index contributed by atoms with van der Waals surface area (Å²) in [5.74, 6) is 0. The smallest absolute Gasteiger partial charge is 0.385 e. The van der Waals surface area contributed by atoms with E-state index in [1.807, 2.05) is 0 Å². The Kier molecular flexibility index (Phi) is 5.28. The molecule has 2 nitrogen and oxygen atoms in total. The number of nitrogens with one attached hydrogen (secondary N) is 1. The van der Waals surface area contributed by atoms with E-state index >= 15 is 0 Å². The van der Waals surface area contributed by atoms with Crippen molar-refractivity contribution in [1.82, 2.24) is 0 Å². The molecule has 96 valence electrons. The summed E-state index contributed by atoms with van der Waals surface area (Å²) in [6, 6.07) is 5.22. The number of ether oxygens (including phenoxy) is 1. The van der Waals surface area contributed by atoms with Gasteiger partial charge in [0.15, 0.2) is 0 Å². The Morgan fingerprint density at radius 1 is 1.24 bits per heavy atom. The summed E-state index contributed by atoms with van der Waals surface area (Å²) < 4.78 is 42.1. The molecular formula is C12H16F3NO. The van der Waals surface area contributed by atoms with Crippen LogP contribution in [0.5, 0.6) is 0 Å². The third-order valence-electron chi connectivity index (χ3n) is 2.29. The van der Waals surface area contributed by atoms with Gasteiger partial charge >= 0.3 is 6.18 Å². The van der Waals surface area contributed by atoms with Gasteiger partial charge in [-0.2, -0.15) is 13.2 Å². The molecule has 0 unspecified atom stereocenters. The fourth-order valence-electron chi connectivity index (χ4n) is 1.41. The minimum Gasteiger partial charge on any atom is -0.385 e. The van der Waals surface area contributed by atoms with E-state index in [0.717, 1.165) is 25.0 Å². The minimum atomic E-state index is -4.28. The Hall–Kier alpha value is -1.23. The number of halogens is 3. The van der Waals surface area contributed by atoms with Gasteiger partial charge in [0.1, 0.15) is 0 Å². The van der Waals surface area contributed by atoms with Crippen LogP contribution < -0.4 is 5.32 Å².